The summed E-state index contributed by atoms with van der Waals surface area (Å²) in [5.41, 5.74) is 0.687. The molecule has 8 nitrogen and oxygen atoms in total. The van der Waals surface area contributed by atoms with E-state index >= 15 is 0 Å². The van der Waals surface area contributed by atoms with E-state index in [0.29, 0.717) is 5.69 Å². The predicted molar refractivity (Wildman–Crippen MR) is 125 cm³/mol. The monoisotopic (exact) mass is 548 g/mol. The summed E-state index contributed by atoms with van der Waals surface area (Å²) in [6.07, 6.45) is -3.76. The summed E-state index contributed by atoms with van der Waals surface area (Å²) in [7, 11) is -2.36. The summed E-state index contributed by atoms with van der Waals surface area (Å²) in [5, 5.41) is 5.00. The summed E-state index contributed by atoms with van der Waals surface area (Å²) >= 11 is 12.6. The van der Waals surface area contributed by atoms with Gasteiger partial charge in [-0.15, -0.1) is 13.2 Å². The standard InChI is InChI=1S/C21H17Cl2F3N4O4S/c1-27-35(32,33)14-7-6-12(28-11-14)10-29-20(31)30-13-8-16(22)19(17(23)9-13)15-4-2-3-5-18(15)34-21(24,25)26/h2-9,11,27H,10H2,1H3,(H2,29,30,31). The first-order chi connectivity index (χ1) is 16.4. The third-order valence-corrected chi connectivity index (χ3v) is 6.48. The molecule has 0 unspecified atom stereocenters. The Kier molecular flexibility index (Phi) is 8.11. The molecule has 2 amide bonds. The second-order valence-corrected chi connectivity index (χ2v) is 9.56. The molecule has 0 fully saturated rings. The molecule has 0 atom stereocenters. The normalized spacial score (nSPS) is 11.7. The van der Waals surface area contributed by atoms with Crippen LogP contribution in [0.1, 0.15) is 5.69 Å². The number of amides is 2. The zero-order valence-electron chi connectivity index (χ0n) is 17.8. The number of nitrogens with zero attached hydrogens (tertiary/aromatic N) is 1. The Balaban J connectivity index is 1.71. The van der Waals surface area contributed by atoms with E-state index in [1.165, 1.54) is 49.5 Å². The maximum atomic E-state index is 12.8. The first kappa shape index (κ1) is 26.5. The molecule has 2 aromatic carbocycles. The van der Waals surface area contributed by atoms with Crippen molar-refractivity contribution in [3.05, 3.63) is 70.5 Å². The number of urea groups is 1. The Hall–Kier alpha value is -3.06. The molecular weight excluding hydrogens is 532 g/mol. The number of carbonyl (C=O) groups excluding carboxylic acids is 1. The van der Waals surface area contributed by atoms with Crippen LogP contribution in [-0.4, -0.2) is 32.8 Å². The van der Waals surface area contributed by atoms with Gasteiger partial charge in [0, 0.05) is 23.0 Å². The molecule has 3 N–H and O–H groups in total. The van der Waals surface area contributed by atoms with Crippen LogP contribution in [0.2, 0.25) is 10.0 Å². The fourth-order valence-corrected chi connectivity index (χ4v) is 4.29. The van der Waals surface area contributed by atoms with Crippen LogP contribution in [-0.2, 0) is 16.6 Å². The summed E-state index contributed by atoms with van der Waals surface area (Å²) in [5.74, 6) is -0.483. The number of nitrogens with one attached hydrogen (secondary N) is 3. The summed E-state index contributed by atoms with van der Waals surface area (Å²) < 4.78 is 67.9. The smallest absolute Gasteiger partial charge is 0.405 e. The minimum absolute atomic E-state index is 0.0191. The molecule has 1 aromatic heterocycles. The molecular formula is C21H17Cl2F3N4O4S. The average molecular weight is 549 g/mol. The van der Waals surface area contributed by atoms with Gasteiger partial charge in [0.2, 0.25) is 10.0 Å². The van der Waals surface area contributed by atoms with E-state index in [4.69, 9.17) is 23.2 Å². The number of anilines is 1. The van der Waals surface area contributed by atoms with E-state index in [0.717, 1.165) is 12.3 Å². The molecule has 3 aromatic rings. The van der Waals surface area contributed by atoms with Gasteiger partial charge in [0.05, 0.1) is 22.3 Å². The van der Waals surface area contributed by atoms with Crippen molar-refractivity contribution in [3.63, 3.8) is 0 Å². The van der Waals surface area contributed by atoms with Crippen molar-refractivity contribution in [2.45, 2.75) is 17.8 Å². The zero-order valence-corrected chi connectivity index (χ0v) is 20.1. The molecule has 1 heterocycles. The molecule has 186 valence electrons. The van der Waals surface area contributed by atoms with Crippen LogP contribution in [0.4, 0.5) is 23.7 Å². The molecule has 0 aliphatic heterocycles. The first-order valence-corrected chi connectivity index (χ1v) is 11.9. The van der Waals surface area contributed by atoms with Gasteiger partial charge in [-0.25, -0.2) is 17.9 Å². The fourth-order valence-electron chi connectivity index (χ4n) is 2.93. The van der Waals surface area contributed by atoms with Crippen molar-refractivity contribution in [2.24, 2.45) is 0 Å². The maximum Gasteiger partial charge on any atom is 0.573 e. The van der Waals surface area contributed by atoms with Gasteiger partial charge in [0.25, 0.3) is 0 Å². The van der Waals surface area contributed by atoms with E-state index in [1.807, 2.05) is 0 Å². The predicted octanol–water partition coefficient (Wildman–Crippen LogP) is 5.18. The minimum atomic E-state index is -4.91. The minimum Gasteiger partial charge on any atom is -0.405 e. The first-order valence-electron chi connectivity index (χ1n) is 9.67. The lowest BCUT2D eigenvalue weighted by Crippen LogP contribution is -2.28. The van der Waals surface area contributed by atoms with E-state index < -0.39 is 28.2 Å². The highest BCUT2D eigenvalue weighted by Crippen LogP contribution is 2.42. The Morgan fingerprint density at radius 3 is 2.31 bits per heavy atom. The SMILES string of the molecule is CNS(=O)(=O)c1ccc(CNC(=O)Nc2cc(Cl)c(-c3ccccc3OC(F)(F)F)c(Cl)c2)nc1. The number of rotatable bonds is 7. The highest BCUT2D eigenvalue weighted by Gasteiger charge is 2.32. The molecule has 0 spiro atoms. The van der Waals surface area contributed by atoms with Gasteiger partial charge >= 0.3 is 12.4 Å². The number of hydrogen-bond acceptors (Lipinski definition) is 5. The van der Waals surface area contributed by atoms with Crippen LogP contribution in [0.25, 0.3) is 11.1 Å². The fraction of sp³-hybridized carbons (Fsp3) is 0.143. The topological polar surface area (TPSA) is 109 Å². The quantitative estimate of drug-likeness (QED) is 0.376. The number of ether oxygens (including phenoxy) is 1. The van der Waals surface area contributed by atoms with Crippen molar-refractivity contribution in [1.29, 1.82) is 0 Å². The molecule has 0 bridgehead atoms. The van der Waals surface area contributed by atoms with Crippen molar-refractivity contribution >= 4 is 44.9 Å². The number of halogens is 5. The van der Waals surface area contributed by atoms with Crippen LogP contribution < -0.4 is 20.1 Å². The number of hydrogen-bond donors (Lipinski definition) is 3. The number of aromatic nitrogens is 1. The van der Waals surface area contributed by atoms with Crippen LogP contribution in [0.5, 0.6) is 5.75 Å². The van der Waals surface area contributed by atoms with Crippen molar-refractivity contribution in [2.75, 3.05) is 12.4 Å². The Morgan fingerprint density at radius 2 is 1.74 bits per heavy atom. The number of alkyl halides is 3. The number of pyridine rings is 1. The lowest BCUT2D eigenvalue weighted by molar-refractivity contribution is -0.274. The molecule has 14 heteroatoms. The van der Waals surface area contributed by atoms with E-state index in [2.05, 4.69) is 25.1 Å². The van der Waals surface area contributed by atoms with Gasteiger partial charge in [-0.05, 0) is 37.4 Å². The van der Waals surface area contributed by atoms with Gasteiger partial charge < -0.3 is 15.4 Å². The second kappa shape index (κ2) is 10.7. The molecule has 0 aliphatic rings. The summed E-state index contributed by atoms with van der Waals surface area (Å²) in [6.45, 7) is -0.0204. The van der Waals surface area contributed by atoms with E-state index in [-0.39, 0.29) is 38.3 Å². The van der Waals surface area contributed by atoms with Crippen molar-refractivity contribution in [1.82, 2.24) is 15.0 Å². The largest absolute Gasteiger partial charge is 0.573 e. The third kappa shape index (κ3) is 6.98. The van der Waals surface area contributed by atoms with E-state index in [9.17, 15) is 26.4 Å². The van der Waals surface area contributed by atoms with Crippen LogP contribution in [0, 0.1) is 0 Å². The Morgan fingerprint density at radius 1 is 1.09 bits per heavy atom. The lowest BCUT2D eigenvalue weighted by atomic mass is 10.0. The third-order valence-electron chi connectivity index (χ3n) is 4.49. The van der Waals surface area contributed by atoms with Crippen molar-refractivity contribution in [3.8, 4) is 16.9 Å². The molecule has 0 aliphatic carbocycles. The van der Waals surface area contributed by atoms with Gasteiger partial charge in [0.1, 0.15) is 10.6 Å². The molecule has 3 rings (SSSR count). The molecule has 35 heavy (non-hydrogen) atoms. The summed E-state index contributed by atoms with van der Waals surface area (Å²) in [4.78, 5) is 16.2. The van der Waals surface area contributed by atoms with Gasteiger partial charge in [-0.2, -0.15) is 0 Å². The Bertz CT molecular complexity index is 1310. The Labute approximate surface area is 208 Å². The van der Waals surface area contributed by atoms with Gasteiger partial charge in [-0.1, -0.05) is 41.4 Å². The highest BCUT2D eigenvalue weighted by atomic mass is 35.5. The summed E-state index contributed by atoms with van der Waals surface area (Å²) in [6, 6.07) is 10.1. The highest BCUT2D eigenvalue weighted by molar-refractivity contribution is 7.89. The van der Waals surface area contributed by atoms with E-state index in [1.54, 1.807) is 0 Å². The number of carbonyl (C=O) groups is 1. The maximum absolute atomic E-state index is 12.8. The number of sulfonamides is 1. The van der Waals surface area contributed by atoms with Gasteiger partial charge in [0.15, 0.2) is 0 Å². The van der Waals surface area contributed by atoms with Crippen LogP contribution in [0.3, 0.4) is 0 Å². The van der Waals surface area contributed by atoms with Gasteiger partial charge in [-0.3, -0.25) is 4.98 Å². The number of para-hydroxylation sites is 1. The second-order valence-electron chi connectivity index (χ2n) is 6.86. The zero-order chi connectivity index (χ0) is 25.8. The van der Waals surface area contributed by atoms with Crippen LogP contribution in [0.15, 0.2) is 59.6 Å². The molecule has 0 saturated carbocycles. The van der Waals surface area contributed by atoms with Crippen LogP contribution >= 0.6 is 23.2 Å². The lowest BCUT2D eigenvalue weighted by Gasteiger charge is -2.16. The number of benzene rings is 2. The molecule has 0 saturated heterocycles. The molecule has 0 radical (unpaired) electrons. The van der Waals surface area contributed by atoms with Crippen molar-refractivity contribution < 1.29 is 31.1 Å². The average Bonchev–Trinajstić information content (AvgIpc) is 2.77.